The third-order valence-electron chi connectivity index (χ3n) is 17.2. The molecule has 0 unspecified atom stereocenters. The van der Waals surface area contributed by atoms with Gasteiger partial charge < -0.3 is 33.2 Å². The van der Waals surface area contributed by atoms with Crippen molar-refractivity contribution in [1.29, 1.82) is 0 Å². The van der Waals surface area contributed by atoms with Gasteiger partial charge in [0.15, 0.2) is 0 Å². The van der Waals surface area contributed by atoms with Gasteiger partial charge in [0.1, 0.15) is 8.37 Å². The van der Waals surface area contributed by atoms with Crippen molar-refractivity contribution >= 4 is 72.7 Å². The van der Waals surface area contributed by atoms with Crippen LogP contribution in [-0.2, 0) is 60.2 Å². The average molecular weight is 1610 g/mol. The minimum Gasteiger partial charge on any atom is -0.382 e. The summed E-state index contributed by atoms with van der Waals surface area (Å²) < 4.78 is 68.8. The molecule has 6 heterocycles. The summed E-state index contributed by atoms with van der Waals surface area (Å²) in [6, 6.07) is 15.6. The molecule has 3 saturated carbocycles. The Morgan fingerprint density at radius 1 is 0.435 bits per heavy atom. The van der Waals surface area contributed by atoms with Crippen molar-refractivity contribution in [3.63, 3.8) is 0 Å². The molecule has 3 aliphatic carbocycles. The number of hydrogen-bond donors (Lipinski definition) is 0. The third-order valence-corrected chi connectivity index (χ3v) is 31.2. The zero-order valence-corrected chi connectivity index (χ0v) is 65.1. The number of halogens is 4. The van der Waals surface area contributed by atoms with Crippen molar-refractivity contribution < 1.29 is 69.7 Å². The van der Waals surface area contributed by atoms with Gasteiger partial charge in [-0.1, -0.05) is 34.1 Å². The van der Waals surface area contributed by atoms with Gasteiger partial charge >= 0.3 is 196 Å². The summed E-state index contributed by atoms with van der Waals surface area (Å²) in [5.41, 5.74) is 5.66. The van der Waals surface area contributed by atoms with Crippen LogP contribution >= 0.6 is 63.4 Å². The molecule has 0 amide bonds. The van der Waals surface area contributed by atoms with Crippen LogP contribution in [0, 0.1) is 0 Å². The Morgan fingerprint density at radius 3 is 0.935 bits per heavy atom. The van der Waals surface area contributed by atoms with Gasteiger partial charge in [0.05, 0.1) is 136 Å². The first-order valence-corrected chi connectivity index (χ1v) is 49.4. The van der Waals surface area contributed by atoms with Gasteiger partial charge in [0.25, 0.3) is 0 Å². The fourth-order valence-corrected chi connectivity index (χ4v) is 27.6. The molecule has 9 aliphatic rings. The molecule has 11 rings (SSSR count). The van der Waals surface area contributed by atoms with E-state index < -0.39 is 35.4 Å². The maximum absolute atomic E-state index is 5.82. The van der Waals surface area contributed by atoms with E-state index in [0.717, 1.165) is 194 Å². The van der Waals surface area contributed by atoms with Crippen LogP contribution in [0.15, 0.2) is 48.5 Å². The Labute approximate surface area is 589 Å². The van der Waals surface area contributed by atoms with Gasteiger partial charge in [-0.25, -0.2) is 0 Å². The molecule has 0 atom stereocenters. The molecule has 538 valence electrons. The molecule has 6 aliphatic heterocycles. The maximum atomic E-state index is 5.82. The predicted molar refractivity (Wildman–Crippen MR) is 392 cm³/mol. The molecule has 24 heteroatoms. The van der Waals surface area contributed by atoms with Crippen LogP contribution in [0.2, 0.25) is 0 Å². The number of ether oxygens (including phenoxy) is 9. The largest absolute Gasteiger partial charge is 0.382 e. The Kier molecular flexibility index (Phi) is 48.3. The first kappa shape index (κ1) is 85.4. The van der Waals surface area contributed by atoms with Crippen LogP contribution in [0.5, 0.6) is 11.5 Å². The van der Waals surface area contributed by atoms with E-state index in [0.29, 0.717) is 0 Å². The molecule has 0 N–H and O–H groups in total. The standard InChI is InChI=1S/C18H33P.2C12H24N3O3P.2C10H12O.C4H10O.2CH4.4ClH.2Ru/c1-4-10-16(11-5-1)19(17-12-6-2-7-13-17)18-14-8-3-9-15-18;2*1-7-16-8-2-13(1)19(14-3-9-17-10-4-14)15-5-11-18-12-6-15;2*1-8(2)11-10-7-5-4-6-9(10)3;1-3-5-4-2;;;;;;;;/h16-18H,1-15H2;2*1-12H2;2*3-8H,1-2H3;3-4H2,1-2H3;2*1H4;4*1H;;/q;;;;;;;;;;;;2*+2/p-2. The molecule has 6 saturated heterocycles. The summed E-state index contributed by atoms with van der Waals surface area (Å²) in [5.74, 6) is 1.70. The zero-order chi connectivity index (χ0) is 64.0. The molecule has 0 radical (unpaired) electrons. The minimum absolute atomic E-state index is 0. The van der Waals surface area contributed by atoms with E-state index >= 15 is 0 Å². The molecular formula is C68H125Cl4N6O9P3Ru2+2. The molecule has 9 fully saturated rings. The van der Waals surface area contributed by atoms with Crippen LogP contribution in [0.1, 0.15) is 164 Å². The van der Waals surface area contributed by atoms with Crippen LogP contribution in [0.25, 0.3) is 0 Å². The Morgan fingerprint density at radius 2 is 0.696 bits per heavy atom. The smallest absolute Gasteiger partial charge is 0.0437 e. The SMILES string of the molecule is C.C.C1CCC([PH+](C2CCCCC2)C2CCCCC2)CC1.C1CN(P(N2CCOCC2)N2CCOCC2)CCO1.C1CN([PH+](N2CCOCC2)N2CCOCC2)CCO1.CC(C)Oc1ccccc1[CH]=[Ru]([Cl])[Cl].CC(C)Oc1ccccc1[CH]=[Ru]([Cl])[Cl].CCOCC. The average Bonchev–Trinajstić information content (AvgIpc) is 1.01. The first-order chi connectivity index (χ1) is 43.9. The number of morpholine rings is 6. The molecule has 2 aromatic rings. The summed E-state index contributed by atoms with van der Waals surface area (Å²) in [4.78, 5) is 0. The van der Waals surface area contributed by atoms with E-state index in [-0.39, 0.29) is 43.4 Å². The monoisotopic (exact) mass is 1610 g/mol. The maximum Gasteiger partial charge on any atom is 0.0437 e. The number of benzene rings is 2. The van der Waals surface area contributed by atoms with Crippen molar-refractivity contribution in [1.82, 2.24) is 28.0 Å². The number of nitrogens with zero attached hydrogens (tertiary/aromatic N) is 6. The third kappa shape index (κ3) is 33.2. The summed E-state index contributed by atoms with van der Waals surface area (Å²) in [6.07, 6.45) is 24.1. The van der Waals surface area contributed by atoms with Gasteiger partial charge in [0.2, 0.25) is 8.37 Å². The van der Waals surface area contributed by atoms with Crippen molar-refractivity contribution in [2.24, 2.45) is 0 Å². The van der Waals surface area contributed by atoms with Gasteiger partial charge in [-0.05, 0) is 90.9 Å². The second kappa shape index (κ2) is 52.0. The van der Waals surface area contributed by atoms with E-state index in [9.17, 15) is 0 Å². The Balaban J connectivity index is 0.000000241. The van der Waals surface area contributed by atoms with Gasteiger partial charge in [-0.3, -0.25) is 14.0 Å². The topological polar surface area (TPSA) is 103 Å². The van der Waals surface area contributed by atoms with E-state index in [2.05, 4.69) is 28.0 Å². The first-order valence-electron chi connectivity index (χ1n) is 34.2. The van der Waals surface area contributed by atoms with Crippen molar-refractivity contribution in [2.45, 2.75) is 182 Å². The Bertz CT molecular complexity index is 1890. The van der Waals surface area contributed by atoms with Crippen molar-refractivity contribution in [2.75, 3.05) is 171 Å². The van der Waals surface area contributed by atoms with Gasteiger partial charge in [-0.15, -0.1) is 14.0 Å². The number of hydrogen-bond acceptors (Lipinski definition) is 15. The summed E-state index contributed by atoms with van der Waals surface area (Å²) in [6.45, 7) is 36.9. The Hall–Kier alpha value is 0.957. The number of para-hydroxylation sites is 2. The van der Waals surface area contributed by atoms with Crippen LogP contribution < -0.4 is 9.47 Å². The van der Waals surface area contributed by atoms with Crippen LogP contribution in [0.4, 0.5) is 0 Å². The molecule has 15 nitrogen and oxygen atoms in total. The van der Waals surface area contributed by atoms with E-state index in [1.54, 1.807) is 96.3 Å². The summed E-state index contributed by atoms with van der Waals surface area (Å²) in [7, 11) is 22.1. The quantitative estimate of drug-likeness (QED) is 0.111. The zero-order valence-electron chi connectivity index (χ0n) is 55.7. The second-order valence-electron chi connectivity index (χ2n) is 24.4. The van der Waals surface area contributed by atoms with Crippen molar-refractivity contribution in [3.8, 4) is 11.5 Å². The summed E-state index contributed by atoms with van der Waals surface area (Å²) >= 11 is -3.54. The molecule has 2 aromatic carbocycles. The summed E-state index contributed by atoms with van der Waals surface area (Å²) in [5, 5.41) is 0. The minimum atomic E-state index is -1.77. The second-order valence-corrected chi connectivity index (χ2v) is 44.0. The fourth-order valence-electron chi connectivity index (χ4n) is 13.2. The molecule has 0 spiro atoms. The van der Waals surface area contributed by atoms with Gasteiger partial charge in [0, 0.05) is 60.4 Å². The van der Waals surface area contributed by atoms with E-state index in [1.165, 1.54) is 17.0 Å². The van der Waals surface area contributed by atoms with Crippen molar-refractivity contribution in [3.05, 3.63) is 59.7 Å². The van der Waals surface area contributed by atoms with Gasteiger partial charge in [-0.2, -0.15) is 0 Å². The molecule has 0 bridgehead atoms. The van der Waals surface area contributed by atoms with Crippen LogP contribution in [0.3, 0.4) is 0 Å². The fraction of sp³-hybridized carbons (Fsp3) is 0.794. The molecule has 0 aromatic heterocycles. The van der Waals surface area contributed by atoms with Crippen LogP contribution in [-0.4, -0.2) is 237 Å². The predicted octanol–water partition coefficient (Wildman–Crippen LogP) is 15.8. The van der Waals surface area contributed by atoms with E-state index in [4.69, 9.17) is 81.4 Å². The molecule has 92 heavy (non-hydrogen) atoms. The number of rotatable bonds is 17. The normalized spacial score (nSPS) is 21.8. The van der Waals surface area contributed by atoms with E-state index in [1.807, 2.05) is 99.3 Å². The molecular weight excluding hydrogens is 1480 g/mol.